The Labute approximate surface area is 110 Å². The maximum Gasteiger partial charge on any atom is 0.126 e. The average Bonchev–Trinajstić information content (AvgIpc) is 2.31. The summed E-state index contributed by atoms with van der Waals surface area (Å²) in [5, 5.41) is 16.3. The molecule has 1 aliphatic heterocycles. The van der Waals surface area contributed by atoms with Crippen molar-refractivity contribution in [1.29, 1.82) is 5.26 Å². The zero-order chi connectivity index (χ0) is 10.5. The van der Waals surface area contributed by atoms with Crippen molar-refractivity contribution in [3.63, 3.8) is 0 Å². The van der Waals surface area contributed by atoms with Crippen LogP contribution in [0.25, 0.3) is 5.32 Å². The number of nitriles is 1. The molecule has 1 N–H and O–H groups in total. The summed E-state index contributed by atoms with van der Waals surface area (Å²) in [6.07, 6.45) is 3.74. The number of anilines is 1. The molecule has 84 valence electrons. The second-order valence-electron chi connectivity index (χ2n) is 3.63. The van der Waals surface area contributed by atoms with E-state index in [4.69, 9.17) is 5.26 Å². The zero-order valence-electron chi connectivity index (χ0n) is 8.89. The van der Waals surface area contributed by atoms with Crippen LogP contribution in [0, 0.1) is 11.3 Å². The predicted octanol–water partition coefficient (Wildman–Crippen LogP) is 1.90. The normalized spacial score (nSPS) is 15.9. The summed E-state index contributed by atoms with van der Waals surface area (Å²) in [6.45, 7) is 1.88. The number of nitrogens with zero attached hydrogens (tertiary/aromatic N) is 3. The summed E-state index contributed by atoms with van der Waals surface area (Å²) in [6, 6.07) is 6.16. The van der Waals surface area contributed by atoms with Crippen molar-refractivity contribution in [1.82, 2.24) is 4.98 Å². The quantitative estimate of drug-likeness (QED) is 0.846. The molecule has 2 rings (SSSR count). The van der Waals surface area contributed by atoms with Gasteiger partial charge in [0.1, 0.15) is 11.9 Å². The number of aromatic nitrogens is 1. The molecule has 1 fully saturated rings. The van der Waals surface area contributed by atoms with E-state index in [2.05, 4.69) is 21.7 Å². The van der Waals surface area contributed by atoms with Gasteiger partial charge in [-0.25, -0.2) is 4.98 Å². The fraction of sp³-hybridized carbons (Fsp3) is 0.455. The van der Waals surface area contributed by atoms with Crippen LogP contribution in [-0.2, 0) is 21.1 Å². The van der Waals surface area contributed by atoms with Crippen LogP contribution in [0.2, 0.25) is 0 Å². The summed E-state index contributed by atoms with van der Waals surface area (Å²) < 4.78 is 0. The van der Waals surface area contributed by atoms with Crippen LogP contribution in [0.4, 0.5) is 5.82 Å². The van der Waals surface area contributed by atoms with Gasteiger partial charge in [-0.3, -0.25) is 0 Å². The average molecular weight is 385 g/mol. The van der Waals surface area contributed by atoms with Gasteiger partial charge in [0.25, 0.3) is 0 Å². The predicted molar refractivity (Wildman–Crippen MR) is 58.7 cm³/mol. The van der Waals surface area contributed by atoms with E-state index in [9.17, 15) is 0 Å². The van der Waals surface area contributed by atoms with E-state index in [0.717, 1.165) is 31.7 Å². The third-order valence-corrected chi connectivity index (χ3v) is 2.52. The van der Waals surface area contributed by atoms with E-state index >= 15 is 0 Å². The monoisotopic (exact) mass is 385 g/mol. The summed E-state index contributed by atoms with van der Waals surface area (Å²) in [7, 11) is 0. The first-order valence-corrected chi connectivity index (χ1v) is 5.14. The molecular formula is C11H13N4W-. The first-order valence-electron chi connectivity index (χ1n) is 5.14. The Kier molecular flexibility index (Phi) is 5.45. The van der Waals surface area contributed by atoms with E-state index in [1.165, 1.54) is 0 Å². The second-order valence-corrected chi connectivity index (χ2v) is 3.63. The Morgan fingerprint density at radius 3 is 2.69 bits per heavy atom. The molecule has 0 bridgehead atoms. The van der Waals surface area contributed by atoms with Crippen molar-refractivity contribution in [3.8, 4) is 6.07 Å². The SMILES string of the molecule is N#Cc1ccc(NC2CC[N-]CC2)nc1.[W]. The van der Waals surface area contributed by atoms with Gasteiger partial charge < -0.3 is 10.6 Å². The first-order chi connectivity index (χ1) is 7.38. The van der Waals surface area contributed by atoms with Gasteiger partial charge in [0.05, 0.1) is 5.56 Å². The van der Waals surface area contributed by atoms with E-state index in [1.54, 1.807) is 12.3 Å². The number of hydrogen-bond donors (Lipinski definition) is 1. The molecule has 5 heteroatoms. The Balaban J connectivity index is 0.00000128. The van der Waals surface area contributed by atoms with Crippen LogP contribution >= 0.6 is 0 Å². The summed E-state index contributed by atoms with van der Waals surface area (Å²) >= 11 is 0. The van der Waals surface area contributed by atoms with Crippen LogP contribution in [-0.4, -0.2) is 24.1 Å². The minimum atomic E-state index is 0. The third-order valence-electron chi connectivity index (χ3n) is 2.52. The smallest absolute Gasteiger partial charge is 0.126 e. The number of rotatable bonds is 2. The molecular weight excluding hydrogens is 372 g/mol. The summed E-state index contributed by atoms with van der Waals surface area (Å²) in [5.74, 6) is 0.848. The van der Waals surface area contributed by atoms with Gasteiger partial charge in [-0.2, -0.15) is 5.26 Å². The van der Waals surface area contributed by atoms with Crippen molar-refractivity contribution in [2.24, 2.45) is 0 Å². The molecule has 4 nitrogen and oxygen atoms in total. The molecule has 1 saturated heterocycles. The Morgan fingerprint density at radius 1 is 1.38 bits per heavy atom. The summed E-state index contributed by atoms with van der Waals surface area (Å²) in [4.78, 5) is 4.18. The first kappa shape index (κ1) is 13.2. The standard InChI is InChI=1S/C11H13N4.W/c12-7-9-1-2-11(14-8-9)15-10-3-5-13-6-4-10;/h1-2,8,10H,3-6H2,(H,14,15);/q-1;. The van der Waals surface area contributed by atoms with Gasteiger partial charge in [-0.1, -0.05) is 12.8 Å². The van der Waals surface area contributed by atoms with Crippen LogP contribution in [0.15, 0.2) is 18.3 Å². The number of piperidine rings is 1. The van der Waals surface area contributed by atoms with Gasteiger partial charge in [-0.05, 0) is 12.1 Å². The van der Waals surface area contributed by atoms with Crippen molar-refractivity contribution < 1.29 is 21.1 Å². The molecule has 2 heterocycles. The van der Waals surface area contributed by atoms with Crippen molar-refractivity contribution in [2.75, 3.05) is 18.4 Å². The van der Waals surface area contributed by atoms with Crippen LogP contribution in [0.5, 0.6) is 0 Å². The number of pyridine rings is 1. The van der Waals surface area contributed by atoms with Gasteiger partial charge in [-0.15, -0.1) is 13.1 Å². The largest absolute Gasteiger partial charge is 0.662 e. The van der Waals surface area contributed by atoms with Crippen molar-refractivity contribution in [3.05, 3.63) is 29.2 Å². The minimum absolute atomic E-state index is 0. The zero-order valence-corrected chi connectivity index (χ0v) is 11.8. The Morgan fingerprint density at radius 2 is 2.12 bits per heavy atom. The molecule has 0 saturated carbocycles. The van der Waals surface area contributed by atoms with E-state index in [-0.39, 0.29) is 21.1 Å². The molecule has 0 radical (unpaired) electrons. The fourth-order valence-corrected chi connectivity index (χ4v) is 1.65. The second kappa shape index (κ2) is 6.62. The molecule has 1 aliphatic rings. The third kappa shape index (κ3) is 3.59. The number of nitrogens with one attached hydrogen (secondary N) is 1. The molecule has 0 aromatic carbocycles. The van der Waals surface area contributed by atoms with Gasteiger partial charge in [0.2, 0.25) is 0 Å². The number of hydrogen-bond acceptors (Lipinski definition) is 3. The molecule has 0 aliphatic carbocycles. The Hall–Kier alpha value is -0.912. The fourth-order valence-electron chi connectivity index (χ4n) is 1.65. The van der Waals surface area contributed by atoms with E-state index in [1.807, 2.05) is 6.07 Å². The molecule has 0 amide bonds. The molecule has 0 atom stereocenters. The molecule has 1 aromatic heterocycles. The molecule has 0 unspecified atom stereocenters. The van der Waals surface area contributed by atoms with Gasteiger partial charge >= 0.3 is 0 Å². The van der Waals surface area contributed by atoms with Crippen LogP contribution in [0.3, 0.4) is 0 Å². The minimum Gasteiger partial charge on any atom is -0.662 e. The van der Waals surface area contributed by atoms with Crippen molar-refractivity contribution >= 4 is 5.82 Å². The van der Waals surface area contributed by atoms with Crippen LogP contribution in [0.1, 0.15) is 18.4 Å². The maximum absolute atomic E-state index is 8.63. The van der Waals surface area contributed by atoms with E-state index < -0.39 is 0 Å². The maximum atomic E-state index is 8.63. The molecule has 1 aromatic rings. The van der Waals surface area contributed by atoms with E-state index in [0.29, 0.717) is 11.6 Å². The van der Waals surface area contributed by atoms with Crippen molar-refractivity contribution in [2.45, 2.75) is 18.9 Å². The summed E-state index contributed by atoms with van der Waals surface area (Å²) in [5.41, 5.74) is 0.596. The van der Waals surface area contributed by atoms with Gasteiger partial charge in [0, 0.05) is 33.3 Å². The molecule has 0 spiro atoms. The van der Waals surface area contributed by atoms with Crippen LogP contribution < -0.4 is 5.32 Å². The topological polar surface area (TPSA) is 62.8 Å². The Bertz CT molecular complexity index is 351. The molecule has 16 heavy (non-hydrogen) atoms. The van der Waals surface area contributed by atoms with Gasteiger partial charge in [0.15, 0.2) is 0 Å².